The third-order valence-electron chi connectivity index (χ3n) is 4.66. The minimum Gasteiger partial charge on any atom is -0.372 e. The molecular formula is C22H27N5O. The monoisotopic (exact) mass is 377 g/mol. The Morgan fingerprint density at radius 3 is 2.57 bits per heavy atom. The van der Waals surface area contributed by atoms with Gasteiger partial charge in [0.1, 0.15) is 0 Å². The van der Waals surface area contributed by atoms with Crippen LogP contribution in [0, 0.1) is 0 Å². The molecule has 0 atom stereocenters. The highest BCUT2D eigenvalue weighted by Gasteiger charge is 2.08. The molecule has 0 fully saturated rings. The molecule has 0 saturated carbocycles. The summed E-state index contributed by atoms with van der Waals surface area (Å²) in [5.74, 6) is 0.665. The lowest BCUT2D eigenvalue weighted by molar-refractivity contribution is 0.0951. The predicted molar refractivity (Wildman–Crippen MR) is 112 cm³/mol. The van der Waals surface area contributed by atoms with Crippen LogP contribution in [0.3, 0.4) is 0 Å². The third-order valence-corrected chi connectivity index (χ3v) is 4.66. The molecule has 2 aromatic heterocycles. The summed E-state index contributed by atoms with van der Waals surface area (Å²) >= 11 is 0. The van der Waals surface area contributed by atoms with E-state index in [1.54, 1.807) is 17.1 Å². The first-order chi connectivity index (χ1) is 13.7. The molecule has 146 valence electrons. The summed E-state index contributed by atoms with van der Waals surface area (Å²) < 4.78 is 1.70. The molecule has 0 unspecified atom stereocenters. The maximum absolute atomic E-state index is 12.4. The number of carbonyl (C=O) groups excluding carboxylic acids is 1. The van der Waals surface area contributed by atoms with Crippen molar-refractivity contribution in [1.29, 1.82) is 0 Å². The van der Waals surface area contributed by atoms with Gasteiger partial charge in [-0.3, -0.25) is 4.79 Å². The summed E-state index contributed by atoms with van der Waals surface area (Å²) in [4.78, 5) is 19.1. The summed E-state index contributed by atoms with van der Waals surface area (Å²) in [6, 6.07) is 13.5. The van der Waals surface area contributed by atoms with E-state index in [0.717, 1.165) is 30.2 Å². The summed E-state index contributed by atoms with van der Waals surface area (Å²) in [5, 5.41) is 7.10. The molecule has 0 saturated heterocycles. The average Bonchev–Trinajstić information content (AvgIpc) is 3.28. The minimum atomic E-state index is -0.0840. The Morgan fingerprint density at radius 1 is 1.14 bits per heavy atom. The van der Waals surface area contributed by atoms with Crippen LogP contribution < -0.4 is 10.2 Å². The number of nitrogens with zero attached hydrogens (tertiary/aromatic N) is 4. The number of hydrogen-bond donors (Lipinski definition) is 1. The number of amides is 1. The molecule has 0 aliphatic carbocycles. The van der Waals surface area contributed by atoms with Gasteiger partial charge in [-0.05, 0) is 55.3 Å². The molecule has 0 bridgehead atoms. The zero-order valence-electron chi connectivity index (χ0n) is 16.5. The van der Waals surface area contributed by atoms with Crippen molar-refractivity contribution in [3.8, 4) is 5.82 Å². The van der Waals surface area contributed by atoms with E-state index in [2.05, 4.69) is 34.1 Å². The van der Waals surface area contributed by atoms with Crippen molar-refractivity contribution in [1.82, 2.24) is 20.1 Å². The van der Waals surface area contributed by atoms with Crippen molar-refractivity contribution in [2.75, 3.05) is 18.0 Å². The van der Waals surface area contributed by atoms with Crippen LogP contribution in [0.5, 0.6) is 0 Å². The van der Waals surface area contributed by atoms with Gasteiger partial charge in [-0.2, -0.15) is 5.10 Å². The Morgan fingerprint density at radius 2 is 1.96 bits per heavy atom. The van der Waals surface area contributed by atoms with E-state index < -0.39 is 0 Å². The highest BCUT2D eigenvalue weighted by atomic mass is 16.1. The van der Waals surface area contributed by atoms with Crippen molar-refractivity contribution in [2.24, 2.45) is 0 Å². The van der Waals surface area contributed by atoms with Gasteiger partial charge in [0, 0.05) is 49.5 Å². The van der Waals surface area contributed by atoms with Crippen LogP contribution in [0.15, 0.2) is 61.1 Å². The zero-order valence-corrected chi connectivity index (χ0v) is 16.5. The molecule has 6 nitrogen and oxygen atoms in total. The van der Waals surface area contributed by atoms with Crippen LogP contribution in [0.4, 0.5) is 5.69 Å². The fraction of sp³-hybridized carbons (Fsp3) is 0.318. The first kappa shape index (κ1) is 19.6. The van der Waals surface area contributed by atoms with E-state index in [4.69, 9.17) is 0 Å². The zero-order chi connectivity index (χ0) is 19.8. The van der Waals surface area contributed by atoms with Crippen molar-refractivity contribution >= 4 is 11.6 Å². The van der Waals surface area contributed by atoms with Gasteiger partial charge in [-0.15, -0.1) is 0 Å². The number of anilines is 1. The molecule has 1 amide bonds. The Bertz CT molecular complexity index is 857. The SMILES string of the molecule is CCCCN(CC)c1ccc(C(=O)NCc2ccc(-n3cccn3)nc2)cc1. The van der Waals surface area contributed by atoms with Gasteiger partial charge in [0.2, 0.25) is 0 Å². The number of hydrogen-bond acceptors (Lipinski definition) is 4. The molecule has 28 heavy (non-hydrogen) atoms. The van der Waals surface area contributed by atoms with Crippen molar-refractivity contribution in [3.05, 3.63) is 72.2 Å². The number of carbonyl (C=O) groups is 1. The van der Waals surface area contributed by atoms with Gasteiger partial charge < -0.3 is 10.2 Å². The number of pyridine rings is 1. The average molecular weight is 377 g/mol. The van der Waals surface area contributed by atoms with E-state index >= 15 is 0 Å². The van der Waals surface area contributed by atoms with Crippen LogP contribution in [-0.4, -0.2) is 33.8 Å². The highest BCUT2D eigenvalue weighted by Crippen LogP contribution is 2.16. The predicted octanol–water partition coefficient (Wildman–Crippen LogP) is 3.82. The smallest absolute Gasteiger partial charge is 0.251 e. The molecule has 2 heterocycles. The number of rotatable bonds is 9. The van der Waals surface area contributed by atoms with Gasteiger partial charge in [0.15, 0.2) is 5.82 Å². The van der Waals surface area contributed by atoms with Gasteiger partial charge >= 0.3 is 0 Å². The maximum Gasteiger partial charge on any atom is 0.251 e. The second-order valence-corrected chi connectivity index (χ2v) is 6.64. The van der Waals surface area contributed by atoms with Crippen LogP contribution in [0.25, 0.3) is 5.82 Å². The van der Waals surface area contributed by atoms with Gasteiger partial charge in [-0.1, -0.05) is 19.4 Å². The first-order valence-corrected chi connectivity index (χ1v) is 9.79. The highest BCUT2D eigenvalue weighted by molar-refractivity contribution is 5.94. The van der Waals surface area contributed by atoms with E-state index in [-0.39, 0.29) is 5.91 Å². The van der Waals surface area contributed by atoms with E-state index in [1.165, 1.54) is 12.8 Å². The molecule has 6 heteroatoms. The normalized spacial score (nSPS) is 10.6. The van der Waals surface area contributed by atoms with Crippen molar-refractivity contribution in [2.45, 2.75) is 33.2 Å². The Kier molecular flexibility index (Phi) is 6.78. The quantitative estimate of drug-likeness (QED) is 0.616. The topological polar surface area (TPSA) is 63.1 Å². The van der Waals surface area contributed by atoms with E-state index in [1.807, 2.05) is 48.7 Å². The lowest BCUT2D eigenvalue weighted by Crippen LogP contribution is -2.25. The van der Waals surface area contributed by atoms with Crippen molar-refractivity contribution < 1.29 is 4.79 Å². The van der Waals surface area contributed by atoms with Gasteiger partial charge in [0.25, 0.3) is 5.91 Å². The van der Waals surface area contributed by atoms with E-state index in [9.17, 15) is 4.79 Å². The lowest BCUT2D eigenvalue weighted by atomic mass is 10.1. The van der Waals surface area contributed by atoms with Crippen LogP contribution >= 0.6 is 0 Å². The standard InChI is InChI=1S/C22H27N5O/c1-3-5-14-26(4-2)20-10-8-19(9-11-20)22(28)24-17-18-7-12-21(23-16-18)27-15-6-13-25-27/h6-13,15-16H,3-5,14,17H2,1-2H3,(H,24,28). The van der Waals surface area contributed by atoms with Gasteiger partial charge in [-0.25, -0.2) is 9.67 Å². The number of benzene rings is 1. The second-order valence-electron chi connectivity index (χ2n) is 6.64. The molecule has 1 aromatic carbocycles. The van der Waals surface area contributed by atoms with Crippen LogP contribution in [-0.2, 0) is 6.54 Å². The second kappa shape index (κ2) is 9.69. The number of aromatic nitrogens is 3. The fourth-order valence-electron chi connectivity index (χ4n) is 2.99. The van der Waals surface area contributed by atoms with Crippen LogP contribution in [0.1, 0.15) is 42.6 Å². The molecule has 0 spiro atoms. The third kappa shape index (κ3) is 4.97. The molecule has 3 rings (SSSR count). The minimum absolute atomic E-state index is 0.0840. The maximum atomic E-state index is 12.4. The summed E-state index contributed by atoms with van der Waals surface area (Å²) in [5.41, 5.74) is 2.76. The summed E-state index contributed by atoms with van der Waals surface area (Å²) in [7, 11) is 0. The number of unbranched alkanes of at least 4 members (excludes halogenated alkanes) is 1. The Hall–Kier alpha value is -3.15. The Balaban J connectivity index is 1.56. The molecule has 0 aliphatic rings. The largest absolute Gasteiger partial charge is 0.372 e. The van der Waals surface area contributed by atoms with Crippen molar-refractivity contribution in [3.63, 3.8) is 0 Å². The Labute approximate surface area is 166 Å². The van der Waals surface area contributed by atoms with Gasteiger partial charge in [0.05, 0.1) is 0 Å². The summed E-state index contributed by atoms with van der Waals surface area (Å²) in [6.45, 7) is 6.79. The van der Waals surface area contributed by atoms with Crippen LogP contribution in [0.2, 0.25) is 0 Å². The summed E-state index contributed by atoms with van der Waals surface area (Å²) in [6.07, 6.45) is 7.66. The fourth-order valence-corrected chi connectivity index (χ4v) is 2.99. The molecule has 1 N–H and O–H groups in total. The number of nitrogens with one attached hydrogen (secondary N) is 1. The lowest BCUT2D eigenvalue weighted by Gasteiger charge is -2.23. The molecule has 0 aliphatic heterocycles. The first-order valence-electron chi connectivity index (χ1n) is 9.79. The molecule has 3 aromatic rings. The molecule has 0 radical (unpaired) electrons. The molecular weight excluding hydrogens is 350 g/mol. The van der Waals surface area contributed by atoms with E-state index in [0.29, 0.717) is 12.1 Å².